The number of nitrogens with one attached hydrogen (secondary N) is 1. The Morgan fingerprint density at radius 2 is 1.83 bits per heavy atom. The largest absolute Gasteiger partial charge is 0.373 e. The third-order valence-electron chi connectivity index (χ3n) is 2.94. The molecule has 3 nitrogen and oxygen atoms in total. The summed E-state index contributed by atoms with van der Waals surface area (Å²) in [5.41, 5.74) is 3.38. The van der Waals surface area contributed by atoms with E-state index in [4.69, 9.17) is 0 Å². The fourth-order valence-electron chi connectivity index (χ4n) is 1.85. The molecule has 2 rings (SSSR count). The molecule has 0 aliphatic carbocycles. The average Bonchev–Trinajstić information content (AvgIpc) is 2.38. The summed E-state index contributed by atoms with van der Waals surface area (Å²) in [4.78, 5) is 9.15. The van der Waals surface area contributed by atoms with Crippen molar-refractivity contribution in [3.05, 3.63) is 41.7 Å². The predicted molar refractivity (Wildman–Crippen MR) is 75.8 cm³/mol. The van der Waals surface area contributed by atoms with Crippen LogP contribution in [0, 0.1) is 6.92 Å². The second-order valence-corrected chi connectivity index (χ2v) is 4.72. The van der Waals surface area contributed by atoms with E-state index in [2.05, 4.69) is 48.2 Å². The highest BCUT2D eigenvalue weighted by molar-refractivity contribution is 5.66. The van der Waals surface area contributed by atoms with Gasteiger partial charge in [0.05, 0.1) is 5.69 Å². The van der Waals surface area contributed by atoms with Crippen LogP contribution in [0.3, 0.4) is 0 Å². The SMILES string of the molecule is CNc1cc(-c2ccccc2C)nc(C(C)C)n1. The van der Waals surface area contributed by atoms with E-state index in [1.807, 2.05) is 25.2 Å². The van der Waals surface area contributed by atoms with Gasteiger partial charge in [-0.05, 0) is 12.5 Å². The first kappa shape index (κ1) is 12.6. The number of aryl methyl sites for hydroxylation is 1. The molecule has 0 aliphatic rings. The van der Waals surface area contributed by atoms with Crippen LogP contribution in [0.5, 0.6) is 0 Å². The van der Waals surface area contributed by atoms with Crippen LogP contribution in [-0.2, 0) is 0 Å². The summed E-state index contributed by atoms with van der Waals surface area (Å²) in [6.45, 7) is 6.32. The molecule has 0 saturated heterocycles. The van der Waals surface area contributed by atoms with Gasteiger partial charge in [0.2, 0.25) is 0 Å². The van der Waals surface area contributed by atoms with Gasteiger partial charge in [-0.25, -0.2) is 9.97 Å². The molecule has 0 amide bonds. The van der Waals surface area contributed by atoms with Gasteiger partial charge in [0.25, 0.3) is 0 Å². The van der Waals surface area contributed by atoms with E-state index in [0.717, 1.165) is 17.3 Å². The first-order valence-electron chi connectivity index (χ1n) is 6.24. The van der Waals surface area contributed by atoms with Crippen LogP contribution < -0.4 is 5.32 Å². The monoisotopic (exact) mass is 241 g/mol. The number of hydrogen-bond donors (Lipinski definition) is 1. The molecule has 0 aliphatic heterocycles. The highest BCUT2D eigenvalue weighted by atomic mass is 15.0. The molecule has 0 radical (unpaired) electrons. The fourth-order valence-corrected chi connectivity index (χ4v) is 1.85. The van der Waals surface area contributed by atoms with Gasteiger partial charge < -0.3 is 5.32 Å². The van der Waals surface area contributed by atoms with E-state index >= 15 is 0 Å². The standard InChI is InChI=1S/C15H19N3/c1-10(2)15-17-13(9-14(16-4)18-15)12-8-6-5-7-11(12)3/h5-10H,1-4H3,(H,16,17,18). The zero-order chi connectivity index (χ0) is 13.1. The minimum Gasteiger partial charge on any atom is -0.373 e. The van der Waals surface area contributed by atoms with Crippen molar-refractivity contribution in [1.82, 2.24) is 9.97 Å². The van der Waals surface area contributed by atoms with Crippen molar-refractivity contribution in [2.45, 2.75) is 26.7 Å². The second kappa shape index (κ2) is 5.17. The molecular formula is C15H19N3. The molecule has 0 spiro atoms. The molecule has 1 aromatic heterocycles. The Morgan fingerprint density at radius 3 is 2.44 bits per heavy atom. The topological polar surface area (TPSA) is 37.8 Å². The van der Waals surface area contributed by atoms with Crippen LogP contribution in [-0.4, -0.2) is 17.0 Å². The van der Waals surface area contributed by atoms with Gasteiger partial charge in [-0.2, -0.15) is 0 Å². The lowest BCUT2D eigenvalue weighted by atomic mass is 10.1. The Morgan fingerprint density at radius 1 is 1.11 bits per heavy atom. The lowest BCUT2D eigenvalue weighted by Crippen LogP contribution is -2.03. The number of aromatic nitrogens is 2. The first-order chi connectivity index (χ1) is 8.61. The lowest BCUT2D eigenvalue weighted by molar-refractivity contribution is 0.777. The smallest absolute Gasteiger partial charge is 0.133 e. The molecule has 1 aromatic carbocycles. The summed E-state index contributed by atoms with van der Waals surface area (Å²) in [5, 5.41) is 3.10. The number of benzene rings is 1. The van der Waals surface area contributed by atoms with Crippen molar-refractivity contribution in [1.29, 1.82) is 0 Å². The van der Waals surface area contributed by atoms with Gasteiger partial charge >= 0.3 is 0 Å². The molecular weight excluding hydrogens is 222 g/mol. The fraction of sp³-hybridized carbons (Fsp3) is 0.333. The molecule has 1 N–H and O–H groups in total. The number of rotatable bonds is 3. The van der Waals surface area contributed by atoms with Crippen LogP contribution in [0.4, 0.5) is 5.82 Å². The van der Waals surface area contributed by atoms with Gasteiger partial charge in [-0.1, -0.05) is 38.1 Å². The molecule has 0 bridgehead atoms. The van der Waals surface area contributed by atoms with E-state index in [-0.39, 0.29) is 0 Å². The molecule has 94 valence electrons. The van der Waals surface area contributed by atoms with Crippen LogP contribution in [0.2, 0.25) is 0 Å². The Bertz CT molecular complexity index is 547. The highest BCUT2D eigenvalue weighted by Gasteiger charge is 2.10. The quantitative estimate of drug-likeness (QED) is 0.892. The van der Waals surface area contributed by atoms with Gasteiger partial charge in [-0.3, -0.25) is 0 Å². The van der Waals surface area contributed by atoms with Gasteiger partial charge in [0, 0.05) is 24.6 Å². The predicted octanol–water partition coefficient (Wildman–Crippen LogP) is 3.62. The van der Waals surface area contributed by atoms with Crippen LogP contribution in [0.25, 0.3) is 11.3 Å². The number of nitrogens with zero attached hydrogens (tertiary/aromatic N) is 2. The Kier molecular flexibility index (Phi) is 3.60. The van der Waals surface area contributed by atoms with Crippen LogP contribution >= 0.6 is 0 Å². The van der Waals surface area contributed by atoms with Crippen molar-refractivity contribution in [3.8, 4) is 11.3 Å². The minimum absolute atomic E-state index is 0.320. The van der Waals surface area contributed by atoms with Crippen molar-refractivity contribution in [2.24, 2.45) is 0 Å². The zero-order valence-electron chi connectivity index (χ0n) is 11.4. The third kappa shape index (κ3) is 2.50. The maximum atomic E-state index is 4.66. The first-order valence-corrected chi connectivity index (χ1v) is 6.24. The Labute approximate surface area is 108 Å². The molecule has 3 heteroatoms. The van der Waals surface area contributed by atoms with Crippen LogP contribution in [0.1, 0.15) is 31.2 Å². The molecule has 18 heavy (non-hydrogen) atoms. The maximum absolute atomic E-state index is 4.66. The number of hydrogen-bond acceptors (Lipinski definition) is 3. The van der Waals surface area contributed by atoms with Crippen LogP contribution in [0.15, 0.2) is 30.3 Å². The molecule has 0 unspecified atom stereocenters. The summed E-state index contributed by atoms with van der Waals surface area (Å²) < 4.78 is 0. The van der Waals surface area contributed by atoms with E-state index < -0.39 is 0 Å². The molecule has 0 saturated carbocycles. The van der Waals surface area contributed by atoms with Crippen molar-refractivity contribution in [3.63, 3.8) is 0 Å². The van der Waals surface area contributed by atoms with Crippen molar-refractivity contribution >= 4 is 5.82 Å². The summed E-state index contributed by atoms with van der Waals surface area (Å²) in [6.07, 6.45) is 0. The lowest BCUT2D eigenvalue weighted by Gasteiger charge is -2.11. The summed E-state index contributed by atoms with van der Waals surface area (Å²) in [5.74, 6) is 2.06. The third-order valence-corrected chi connectivity index (χ3v) is 2.94. The van der Waals surface area contributed by atoms with E-state index in [0.29, 0.717) is 5.92 Å². The van der Waals surface area contributed by atoms with Gasteiger partial charge in [-0.15, -0.1) is 0 Å². The maximum Gasteiger partial charge on any atom is 0.133 e. The molecule has 2 aromatic rings. The molecule has 0 atom stereocenters. The highest BCUT2D eigenvalue weighted by Crippen LogP contribution is 2.24. The second-order valence-electron chi connectivity index (χ2n) is 4.72. The Balaban J connectivity index is 2.57. The summed E-state index contributed by atoms with van der Waals surface area (Å²) >= 11 is 0. The summed E-state index contributed by atoms with van der Waals surface area (Å²) in [7, 11) is 1.88. The summed E-state index contributed by atoms with van der Waals surface area (Å²) in [6, 6.07) is 10.3. The van der Waals surface area contributed by atoms with Crippen molar-refractivity contribution in [2.75, 3.05) is 12.4 Å². The van der Waals surface area contributed by atoms with Gasteiger partial charge in [0.1, 0.15) is 11.6 Å². The molecule has 0 fully saturated rings. The molecule has 1 heterocycles. The van der Waals surface area contributed by atoms with E-state index in [1.165, 1.54) is 11.1 Å². The normalized spacial score (nSPS) is 10.7. The van der Waals surface area contributed by atoms with E-state index in [9.17, 15) is 0 Å². The number of anilines is 1. The minimum atomic E-state index is 0.320. The Hall–Kier alpha value is -1.90. The average molecular weight is 241 g/mol. The van der Waals surface area contributed by atoms with Gasteiger partial charge in [0.15, 0.2) is 0 Å². The zero-order valence-corrected chi connectivity index (χ0v) is 11.4. The van der Waals surface area contributed by atoms with Crippen molar-refractivity contribution < 1.29 is 0 Å². The van der Waals surface area contributed by atoms with E-state index in [1.54, 1.807) is 0 Å².